The first kappa shape index (κ1) is 14.9. The van der Waals surface area contributed by atoms with Crippen molar-refractivity contribution in [2.45, 2.75) is 52.6 Å². The van der Waals surface area contributed by atoms with E-state index in [1.54, 1.807) is 0 Å². The maximum Gasteiger partial charge on any atom is 0.237 e. The summed E-state index contributed by atoms with van der Waals surface area (Å²) in [6.07, 6.45) is 2.05. The molecule has 16 heavy (non-hydrogen) atoms. The van der Waals surface area contributed by atoms with Gasteiger partial charge >= 0.3 is 0 Å². The Hall–Kier alpha value is -1.08. The van der Waals surface area contributed by atoms with E-state index in [2.05, 4.69) is 18.3 Å². The van der Waals surface area contributed by atoms with Crippen molar-refractivity contribution in [3.8, 4) is 6.07 Å². The van der Waals surface area contributed by atoms with Crippen molar-refractivity contribution in [3.63, 3.8) is 0 Å². The molecule has 0 fully saturated rings. The molecule has 0 aromatic rings. The number of amides is 1. The number of nitriles is 1. The highest BCUT2D eigenvalue weighted by atomic mass is 16.2. The fraction of sp³-hybridized carbons (Fsp3) is 0.833. The van der Waals surface area contributed by atoms with E-state index in [1.165, 1.54) is 0 Å². The van der Waals surface area contributed by atoms with Crippen LogP contribution in [0.3, 0.4) is 0 Å². The Morgan fingerprint density at radius 1 is 1.44 bits per heavy atom. The molecule has 0 bridgehead atoms. The third-order valence-electron chi connectivity index (χ3n) is 2.72. The maximum absolute atomic E-state index is 11.8. The molecule has 0 aliphatic heterocycles. The van der Waals surface area contributed by atoms with Gasteiger partial charge in [0.2, 0.25) is 5.91 Å². The maximum atomic E-state index is 11.8. The Morgan fingerprint density at radius 3 is 2.50 bits per heavy atom. The molecule has 0 heterocycles. The van der Waals surface area contributed by atoms with Gasteiger partial charge in [-0.15, -0.1) is 0 Å². The standard InChI is InChI=1S/C12H23N3O/c1-5-7-10(3)14-12(16)11(4)15(6-2)9-8-13/h10-11H,5-7,9H2,1-4H3,(H,14,16). The summed E-state index contributed by atoms with van der Waals surface area (Å²) < 4.78 is 0. The van der Waals surface area contributed by atoms with Crippen LogP contribution in [0.2, 0.25) is 0 Å². The molecule has 0 aliphatic rings. The topological polar surface area (TPSA) is 56.1 Å². The van der Waals surface area contributed by atoms with Gasteiger partial charge < -0.3 is 5.32 Å². The number of carbonyl (C=O) groups excluding carboxylic acids is 1. The second-order valence-corrected chi connectivity index (χ2v) is 4.10. The van der Waals surface area contributed by atoms with Crippen molar-refractivity contribution in [3.05, 3.63) is 0 Å². The predicted molar refractivity (Wildman–Crippen MR) is 64.8 cm³/mol. The highest BCUT2D eigenvalue weighted by molar-refractivity contribution is 5.81. The van der Waals surface area contributed by atoms with Crippen molar-refractivity contribution in [1.82, 2.24) is 10.2 Å². The number of hydrogen-bond donors (Lipinski definition) is 1. The Balaban J connectivity index is 4.20. The molecule has 0 saturated carbocycles. The van der Waals surface area contributed by atoms with Crippen LogP contribution in [-0.4, -0.2) is 36.0 Å². The minimum Gasteiger partial charge on any atom is -0.352 e. The summed E-state index contributed by atoms with van der Waals surface area (Å²) in [5.41, 5.74) is 0. The van der Waals surface area contributed by atoms with Crippen LogP contribution in [0.25, 0.3) is 0 Å². The summed E-state index contributed by atoms with van der Waals surface area (Å²) >= 11 is 0. The van der Waals surface area contributed by atoms with Crippen LogP contribution in [0.1, 0.15) is 40.5 Å². The predicted octanol–water partition coefficient (Wildman–Crippen LogP) is 1.53. The van der Waals surface area contributed by atoms with Gasteiger partial charge in [-0.1, -0.05) is 20.3 Å². The van der Waals surface area contributed by atoms with Crippen LogP contribution in [0, 0.1) is 11.3 Å². The highest BCUT2D eigenvalue weighted by Crippen LogP contribution is 2.01. The van der Waals surface area contributed by atoms with E-state index >= 15 is 0 Å². The van der Waals surface area contributed by atoms with Gasteiger partial charge in [0, 0.05) is 6.04 Å². The summed E-state index contributed by atoms with van der Waals surface area (Å²) in [4.78, 5) is 13.7. The molecule has 2 unspecified atom stereocenters. The number of likely N-dealkylation sites (N-methyl/N-ethyl adjacent to an activating group) is 1. The second kappa shape index (κ2) is 8.12. The Kier molecular flexibility index (Phi) is 7.57. The highest BCUT2D eigenvalue weighted by Gasteiger charge is 2.20. The molecule has 1 N–H and O–H groups in total. The van der Waals surface area contributed by atoms with Crippen LogP contribution in [0.5, 0.6) is 0 Å². The van der Waals surface area contributed by atoms with Gasteiger partial charge in [0.1, 0.15) is 0 Å². The molecule has 0 radical (unpaired) electrons. The molecule has 92 valence electrons. The molecule has 1 amide bonds. The second-order valence-electron chi connectivity index (χ2n) is 4.10. The molecular formula is C12H23N3O. The number of hydrogen-bond acceptors (Lipinski definition) is 3. The summed E-state index contributed by atoms with van der Waals surface area (Å²) in [7, 11) is 0. The van der Waals surface area contributed by atoms with Crippen LogP contribution in [0.4, 0.5) is 0 Å². The number of nitrogens with zero attached hydrogens (tertiary/aromatic N) is 2. The lowest BCUT2D eigenvalue weighted by Crippen LogP contribution is -2.47. The lowest BCUT2D eigenvalue weighted by Gasteiger charge is -2.25. The van der Waals surface area contributed by atoms with E-state index in [-0.39, 0.29) is 18.0 Å². The largest absolute Gasteiger partial charge is 0.352 e. The fourth-order valence-corrected chi connectivity index (χ4v) is 1.65. The van der Waals surface area contributed by atoms with E-state index in [0.717, 1.165) is 12.8 Å². The average Bonchev–Trinajstić information content (AvgIpc) is 2.25. The molecule has 0 aromatic heterocycles. The molecule has 0 spiro atoms. The van der Waals surface area contributed by atoms with Crippen molar-refractivity contribution in [2.75, 3.05) is 13.1 Å². The van der Waals surface area contributed by atoms with Gasteiger partial charge in [-0.05, 0) is 26.8 Å². The normalized spacial score (nSPS) is 14.2. The molecule has 0 aliphatic carbocycles. The summed E-state index contributed by atoms with van der Waals surface area (Å²) in [5.74, 6) is 0.0121. The van der Waals surface area contributed by atoms with Crippen LogP contribution in [0.15, 0.2) is 0 Å². The molecule has 0 saturated heterocycles. The number of rotatable bonds is 7. The van der Waals surface area contributed by atoms with Gasteiger partial charge in [0.15, 0.2) is 0 Å². The van der Waals surface area contributed by atoms with Gasteiger partial charge in [-0.2, -0.15) is 5.26 Å². The third kappa shape index (κ3) is 5.13. The van der Waals surface area contributed by atoms with E-state index in [1.807, 2.05) is 25.7 Å². The van der Waals surface area contributed by atoms with Gasteiger partial charge in [-0.3, -0.25) is 9.69 Å². The molecular weight excluding hydrogens is 202 g/mol. The monoisotopic (exact) mass is 225 g/mol. The molecule has 2 atom stereocenters. The molecule has 0 rings (SSSR count). The van der Waals surface area contributed by atoms with Crippen LogP contribution in [-0.2, 0) is 4.79 Å². The first-order valence-corrected chi connectivity index (χ1v) is 5.98. The van der Waals surface area contributed by atoms with Crippen molar-refractivity contribution < 1.29 is 4.79 Å². The SMILES string of the molecule is CCCC(C)NC(=O)C(C)N(CC)CC#N. The third-order valence-corrected chi connectivity index (χ3v) is 2.72. The zero-order valence-electron chi connectivity index (χ0n) is 10.8. The first-order chi connectivity index (χ1) is 7.56. The number of nitrogens with one attached hydrogen (secondary N) is 1. The zero-order chi connectivity index (χ0) is 12.6. The molecule has 4 nitrogen and oxygen atoms in total. The van der Waals surface area contributed by atoms with Gasteiger partial charge in [-0.25, -0.2) is 0 Å². The van der Waals surface area contributed by atoms with E-state index in [9.17, 15) is 4.79 Å². The van der Waals surface area contributed by atoms with E-state index in [4.69, 9.17) is 5.26 Å². The Labute approximate surface area is 98.6 Å². The summed E-state index contributed by atoms with van der Waals surface area (Å²) in [5, 5.41) is 11.6. The summed E-state index contributed by atoms with van der Waals surface area (Å²) in [6.45, 7) is 8.91. The van der Waals surface area contributed by atoms with Crippen molar-refractivity contribution in [2.24, 2.45) is 0 Å². The van der Waals surface area contributed by atoms with Crippen molar-refractivity contribution in [1.29, 1.82) is 5.26 Å². The number of carbonyl (C=O) groups is 1. The first-order valence-electron chi connectivity index (χ1n) is 5.98. The fourth-order valence-electron chi connectivity index (χ4n) is 1.65. The van der Waals surface area contributed by atoms with Crippen LogP contribution < -0.4 is 5.32 Å². The Bertz CT molecular complexity index is 247. The minimum absolute atomic E-state index is 0.0121. The lowest BCUT2D eigenvalue weighted by molar-refractivity contribution is -0.126. The molecule has 0 aromatic carbocycles. The van der Waals surface area contributed by atoms with Gasteiger partial charge in [0.25, 0.3) is 0 Å². The minimum atomic E-state index is -0.232. The smallest absolute Gasteiger partial charge is 0.237 e. The lowest BCUT2D eigenvalue weighted by atomic mass is 10.1. The van der Waals surface area contributed by atoms with Crippen LogP contribution >= 0.6 is 0 Å². The average molecular weight is 225 g/mol. The Morgan fingerprint density at radius 2 is 2.06 bits per heavy atom. The summed E-state index contributed by atoms with van der Waals surface area (Å²) in [6, 6.07) is 2.06. The van der Waals surface area contributed by atoms with Gasteiger partial charge in [0.05, 0.1) is 18.7 Å². The molecule has 4 heteroatoms. The zero-order valence-corrected chi connectivity index (χ0v) is 10.8. The van der Waals surface area contributed by atoms with Crippen molar-refractivity contribution >= 4 is 5.91 Å². The van der Waals surface area contributed by atoms with E-state index < -0.39 is 0 Å². The van der Waals surface area contributed by atoms with E-state index in [0.29, 0.717) is 13.1 Å². The quantitative estimate of drug-likeness (QED) is 0.668.